The molecule has 1 fully saturated rings. The maximum absolute atomic E-state index is 12.8. The average Bonchev–Trinajstić information content (AvgIpc) is 2.88. The quantitative estimate of drug-likeness (QED) is 0.472. The van der Waals surface area contributed by atoms with Gasteiger partial charge in [-0.1, -0.05) is 31.2 Å². The van der Waals surface area contributed by atoms with Crippen molar-refractivity contribution in [2.75, 3.05) is 44.7 Å². The number of Topliss-reactive ketones (excluding diaryl/α,β-unsaturated/α-hetero) is 1. The van der Waals surface area contributed by atoms with Gasteiger partial charge < -0.3 is 20.3 Å². The Bertz CT molecular complexity index is 1120. The van der Waals surface area contributed by atoms with E-state index in [1.54, 1.807) is 6.92 Å². The van der Waals surface area contributed by atoms with Gasteiger partial charge in [0.2, 0.25) is 0 Å². The minimum atomic E-state index is -0.571. The van der Waals surface area contributed by atoms with E-state index in [1.165, 1.54) is 12.7 Å². The van der Waals surface area contributed by atoms with Crippen molar-refractivity contribution in [3.8, 4) is 0 Å². The van der Waals surface area contributed by atoms with Gasteiger partial charge in [0.25, 0.3) is 0 Å². The number of ketones is 1. The lowest BCUT2D eigenvalue weighted by molar-refractivity contribution is -0.136. The Hall–Kier alpha value is -3.65. The highest BCUT2D eigenvalue weighted by atomic mass is 16.5. The van der Waals surface area contributed by atoms with E-state index in [0.717, 1.165) is 43.9 Å². The van der Waals surface area contributed by atoms with E-state index in [1.807, 2.05) is 48.5 Å². The molecule has 2 aliphatic heterocycles. The molecule has 1 atom stereocenters. The smallest absolute Gasteiger partial charge is 0.338 e. The highest BCUT2D eigenvalue weighted by molar-refractivity contribution is 5.95. The molecule has 35 heavy (non-hydrogen) atoms. The standard InChI is InChI=1S/C27H32N4O4/c1-4-19-5-7-21(8-6-19)25-24(26(33)35-3)23(28-27(34)29-25)17-30-13-15-31(16-14-30)22-11-9-20(10-12-22)18(2)32/h5-12,25H,4,13-17H2,1-3H3,(H2,28,29,34)/t25-/m1/s1. The largest absolute Gasteiger partial charge is 0.466 e. The zero-order valence-electron chi connectivity index (χ0n) is 20.5. The first kappa shape index (κ1) is 24.5. The molecule has 2 heterocycles. The summed E-state index contributed by atoms with van der Waals surface area (Å²) in [6.45, 7) is 7.23. The normalized spacial score (nSPS) is 18.7. The Labute approximate surface area is 205 Å². The van der Waals surface area contributed by atoms with E-state index < -0.39 is 12.0 Å². The molecule has 184 valence electrons. The molecular weight excluding hydrogens is 444 g/mol. The first-order valence-electron chi connectivity index (χ1n) is 12.0. The summed E-state index contributed by atoms with van der Waals surface area (Å²) in [7, 11) is 1.36. The summed E-state index contributed by atoms with van der Waals surface area (Å²) in [4.78, 5) is 41.4. The summed E-state index contributed by atoms with van der Waals surface area (Å²) in [6.07, 6.45) is 0.913. The number of urea groups is 1. The number of anilines is 1. The minimum Gasteiger partial charge on any atom is -0.466 e. The molecule has 0 saturated carbocycles. The second-order valence-corrected chi connectivity index (χ2v) is 8.88. The van der Waals surface area contributed by atoms with Crippen LogP contribution in [-0.4, -0.2) is 62.5 Å². The molecular formula is C27H32N4O4. The Morgan fingerprint density at radius 1 is 1.00 bits per heavy atom. The lowest BCUT2D eigenvalue weighted by Crippen LogP contribution is -2.51. The number of ether oxygens (including phenoxy) is 1. The number of nitrogens with one attached hydrogen (secondary N) is 2. The first-order valence-corrected chi connectivity index (χ1v) is 12.0. The van der Waals surface area contributed by atoms with Crippen LogP contribution in [0.5, 0.6) is 0 Å². The number of benzene rings is 2. The number of hydrogen-bond donors (Lipinski definition) is 2. The maximum Gasteiger partial charge on any atom is 0.338 e. The topological polar surface area (TPSA) is 91.0 Å². The van der Waals surface area contributed by atoms with Gasteiger partial charge in [0.15, 0.2) is 5.78 Å². The molecule has 0 unspecified atom stereocenters. The molecule has 8 nitrogen and oxygen atoms in total. The Morgan fingerprint density at radius 2 is 1.66 bits per heavy atom. The summed E-state index contributed by atoms with van der Waals surface area (Å²) in [5.41, 5.74) is 4.81. The fourth-order valence-corrected chi connectivity index (χ4v) is 4.58. The van der Waals surface area contributed by atoms with Crippen LogP contribution in [-0.2, 0) is 16.0 Å². The van der Waals surface area contributed by atoms with E-state index in [0.29, 0.717) is 23.4 Å². The summed E-state index contributed by atoms with van der Waals surface area (Å²) in [5, 5.41) is 5.74. The molecule has 0 aliphatic carbocycles. The predicted octanol–water partition coefficient (Wildman–Crippen LogP) is 3.05. The van der Waals surface area contributed by atoms with Gasteiger partial charge in [-0.3, -0.25) is 9.69 Å². The van der Waals surface area contributed by atoms with E-state index in [9.17, 15) is 14.4 Å². The third-order valence-corrected chi connectivity index (χ3v) is 6.67. The zero-order valence-corrected chi connectivity index (χ0v) is 20.5. The molecule has 8 heteroatoms. The van der Waals surface area contributed by atoms with Crippen LogP contribution < -0.4 is 15.5 Å². The lowest BCUT2D eigenvalue weighted by Gasteiger charge is -2.38. The van der Waals surface area contributed by atoms with Crippen LogP contribution in [0.4, 0.5) is 10.5 Å². The summed E-state index contributed by atoms with van der Waals surface area (Å²) >= 11 is 0. The van der Waals surface area contributed by atoms with E-state index in [-0.39, 0.29) is 11.8 Å². The van der Waals surface area contributed by atoms with Crippen molar-refractivity contribution in [2.24, 2.45) is 0 Å². The maximum atomic E-state index is 12.8. The van der Waals surface area contributed by atoms with E-state index >= 15 is 0 Å². The van der Waals surface area contributed by atoms with Crippen LogP contribution in [0.1, 0.15) is 41.4 Å². The molecule has 4 rings (SSSR count). The van der Waals surface area contributed by atoms with Gasteiger partial charge >= 0.3 is 12.0 Å². The van der Waals surface area contributed by atoms with Gasteiger partial charge in [0.05, 0.1) is 18.7 Å². The van der Waals surface area contributed by atoms with Crippen molar-refractivity contribution < 1.29 is 19.1 Å². The third-order valence-electron chi connectivity index (χ3n) is 6.67. The Balaban J connectivity index is 1.50. The fourth-order valence-electron chi connectivity index (χ4n) is 4.58. The van der Waals surface area contributed by atoms with Crippen molar-refractivity contribution in [3.05, 3.63) is 76.5 Å². The molecule has 2 N–H and O–H groups in total. The van der Waals surface area contributed by atoms with Gasteiger partial charge in [-0.05, 0) is 48.7 Å². The van der Waals surface area contributed by atoms with E-state index in [2.05, 4.69) is 27.4 Å². The van der Waals surface area contributed by atoms with Crippen molar-refractivity contribution >= 4 is 23.5 Å². The van der Waals surface area contributed by atoms with Crippen molar-refractivity contribution in [1.29, 1.82) is 0 Å². The number of carbonyl (C=O) groups is 3. The van der Waals surface area contributed by atoms with Crippen molar-refractivity contribution in [2.45, 2.75) is 26.3 Å². The first-order chi connectivity index (χ1) is 16.9. The highest BCUT2D eigenvalue weighted by Gasteiger charge is 2.34. The number of hydrogen-bond acceptors (Lipinski definition) is 6. The van der Waals surface area contributed by atoms with Gasteiger partial charge in [-0.2, -0.15) is 0 Å². The SMILES string of the molecule is CCc1ccc([C@H]2NC(=O)NC(CN3CCN(c4ccc(C(C)=O)cc4)CC3)=C2C(=O)OC)cc1. The molecule has 2 aliphatic rings. The van der Waals surface area contributed by atoms with Gasteiger partial charge in [0, 0.05) is 49.7 Å². The summed E-state index contributed by atoms with van der Waals surface area (Å²) < 4.78 is 5.10. The molecule has 0 radical (unpaired) electrons. The van der Waals surface area contributed by atoms with Gasteiger partial charge in [-0.25, -0.2) is 9.59 Å². The summed E-state index contributed by atoms with van der Waals surface area (Å²) in [6, 6.07) is 14.7. The number of nitrogens with zero attached hydrogens (tertiary/aromatic N) is 2. The number of piperazine rings is 1. The predicted molar refractivity (Wildman–Crippen MR) is 134 cm³/mol. The molecule has 0 bridgehead atoms. The van der Waals surface area contributed by atoms with Crippen LogP contribution >= 0.6 is 0 Å². The van der Waals surface area contributed by atoms with Crippen LogP contribution in [0.25, 0.3) is 0 Å². The average molecular weight is 477 g/mol. The van der Waals surface area contributed by atoms with Gasteiger partial charge in [0.1, 0.15) is 0 Å². The number of amides is 2. The lowest BCUT2D eigenvalue weighted by atomic mass is 9.94. The van der Waals surface area contributed by atoms with Crippen LogP contribution in [0.15, 0.2) is 59.8 Å². The molecule has 2 aromatic rings. The summed E-state index contributed by atoms with van der Waals surface area (Å²) in [5.74, 6) is -0.402. The van der Waals surface area contributed by atoms with Crippen molar-refractivity contribution in [1.82, 2.24) is 15.5 Å². The van der Waals surface area contributed by atoms with E-state index in [4.69, 9.17) is 4.74 Å². The highest BCUT2D eigenvalue weighted by Crippen LogP contribution is 2.29. The van der Waals surface area contributed by atoms with Crippen molar-refractivity contribution in [3.63, 3.8) is 0 Å². The molecule has 2 aromatic carbocycles. The number of carbonyl (C=O) groups excluding carboxylic acids is 3. The number of methoxy groups -OCH3 is 1. The molecule has 0 spiro atoms. The molecule has 2 amide bonds. The van der Waals surface area contributed by atoms with Crippen LogP contribution in [0.3, 0.4) is 0 Å². The second-order valence-electron chi connectivity index (χ2n) is 8.88. The molecule has 1 saturated heterocycles. The van der Waals surface area contributed by atoms with Crippen LogP contribution in [0.2, 0.25) is 0 Å². The Kier molecular flexibility index (Phi) is 7.51. The number of rotatable bonds is 7. The van der Waals surface area contributed by atoms with Crippen LogP contribution in [0, 0.1) is 0 Å². The third kappa shape index (κ3) is 5.54. The number of aryl methyl sites for hydroxylation is 1. The second kappa shape index (κ2) is 10.7. The van der Waals surface area contributed by atoms with Gasteiger partial charge in [-0.15, -0.1) is 0 Å². The fraction of sp³-hybridized carbons (Fsp3) is 0.370. The monoisotopic (exact) mass is 476 g/mol. The molecule has 0 aromatic heterocycles. The zero-order chi connectivity index (χ0) is 24.9. The number of esters is 1. The Morgan fingerprint density at radius 3 is 2.23 bits per heavy atom. The minimum absolute atomic E-state index is 0.0553.